The predicted molar refractivity (Wildman–Crippen MR) is 156 cm³/mol. The molecule has 3 aliphatic rings. The fraction of sp³-hybridized carbons (Fsp3) is 0.303. The lowest BCUT2D eigenvalue weighted by atomic mass is 9.82. The van der Waals surface area contributed by atoms with Gasteiger partial charge < -0.3 is 24.8 Å². The molecule has 3 heterocycles. The molecule has 0 spiro atoms. The molecule has 0 radical (unpaired) electrons. The number of fused-ring (bicyclic) bond motifs is 5. The number of rotatable bonds is 3. The Hall–Kier alpha value is -4.19. The van der Waals surface area contributed by atoms with Crippen LogP contribution in [0.3, 0.4) is 0 Å². The Kier molecular flexibility index (Phi) is 5.94. The SMILES string of the molecule is COc1c(O)ccc2c1-c1ccc3c(c1C(=Cc1cccc(C)c1C(=O)N1CCCC1)O2)C(C)=CC(C)(C)N3. The number of amides is 1. The van der Waals surface area contributed by atoms with Crippen molar-refractivity contribution >= 4 is 29.0 Å². The van der Waals surface area contributed by atoms with Crippen LogP contribution in [0.5, 0.6) is 17.2 Å². The third-order valence-corrected chi connectivity index (χ3v) is 7.87. The molecule has 0 unspecified atom stereocenters. The number of aromatic hydroxyl groups is 1. The second-order valence-electron chi connectivity index (χ2n) is 11.2. The minimum Gasteiger partial charge on any atom is -0.504 e. The summed E-state index contributed by atoms with van der Waals surface area (Å²) in [6.07, 6.45) is 6.29. The molecule has 6 rings (SSSR count). The first kappa shape index (κ1) is 25.1. The number of nitrogens with zero attached hydrogens (tertiary/aromatic N) is 1. The highest BCUT2D eigenvalue weighted by Crippen LogP contribution is 2.54. The van der Waals surface area contributed by atoms with Crippen LogP contribution in [-0.4, -0.2) is 41.7 Å². The molecular weight excluding hydrogens is 488 g/mol. The molecule has 0 saturated carbocycles. The Labute approximate surface area is 229 Å². The van der Waals surface area contributed by atoms with Crippen LogP contribution in [0.25, 0.3) is 28.5 Å². The highest BCUT2D eigenvalue weighted by atomic mass is 16.5. The summed E-state index contributed by atoms with van der Waals surface area (Å²) in [6.45, 7) is 9.97. The normalized spacial score (nSPS) is 17.9. The van der Waals surface area contributed by atoms with Crippen molar-refractivity contribution < 1.29 is 19.4 Å². The second kappa shape index (κ2) is 9.23. The molecule has 6 nitrogen and oxygen atoms in total. The number of hydrogen-bond donors (Lipinski definition) is 2. The Morgan fingerprint density at radius 1 is 1.05 bits per heavy atom. The Bertz CT molecular complexity index is 1570. The number of anilines is 1. The van der Waals surface area contributed by atoms with Crippen molar-refractivity contribution in [3.63, 3.8) is 0 Å². The standard InChI is InChI=1S/C33H34N2O4/c1-19-9-8-10-21(27(19)32(37)35-15-6-7-16-35)17-26-29-22(30-25(39-26)14-13-24(36)31(30)38-5)11-12-23-28(29)20(2)18-33(3,4)34-23/h8-14,17-18,34,36H,6-7,15-16H2,1-5H3. The summed E-state index contributed by atoms with van der Waals surface area (Å²) in [5, 5.41) is 14.3. The van der Waals surface area contributed by atoms with E-state index in [0.29, 0.717) is 28.4 Å². The second-order valence-corrected chi connectivity index (χ2v) is 11.2. The van der Waals surface area contributed by atoms with Crippen molar-refractivity contribution in [2.24, 2.45) is 0 Å². The van der Waals surface area contributed by atoms with E-state index in [1.165, 1.54) is 0 Å². The van der Waals surface area contributed by atoms with Gasteiger partial charge in [-0.3, -0.25) is 4.79 Å². The zero-order valence-electron chi connectivity index (χ0n) is 23.1. The van der Waals surface area contributed by atoms with E-state index < -0.39 is 0 Å². The number of nitrogens with one attached hydrogen (secondary N) is 1. The van der Waals surface area contributed by atoms with E-state index in [0.717, 1.165) is 65.0 Å². The molecule has 1 saturated heterocycles. The van der Waals surface area contributed by atoms with Crippen LogP contribution in [0.4, 0.5) is 5.69 Å². The maximum absolute atomic E-state index is 13.6. The smallest absolute Gasteiger partial charge is 0.254 e. The van der Waals surface area contributed by atoms with E-state index in [4.69, 9.17) is 9.47 Å². The lowest BCUT2D eigenvalue weighted by Crippen LogP contribution is -2.32. The number of aryl methyl sites for hydroxylation is 1. The molecule has 3 aliphatic heterocycles. The average molecular weight is 523 g/mol. The number of phenols is 1. The molecule has 0 aromatic heterocycles. The maximum Gasteiger partial charge on any atom is 0.254 e. The molecule has 39 heavy (non-hydrogen) atoms. The van der Waals surface area contributed by atoms with Crippen LogP contribution >= 0.6 is 0 Å². The van der Waals surface area contributed by atoms with E-state index in [1.54, 1.807) is 19.2 Å². The predicted octanol–water partition coefficient (Wildman–Crippen LogP) is 7.11. The van der Waals surface area contributed by atoms with E-state index in [9.17, 15) is 9.90 Å². The Morgan fingerprint density at radius 2 is 1.82 bits per heavy atom. The highest BCUT2D eigenvalue weighted by Gasteiger charge is 2.34. The minimum atomic E-state index is -0.204. The van der Waals surface area contributed by atoms with E-state index in [2.05, 4.69) is 44.3 Å². The molecule has 2 N–H and O–H groups in total. The maximum atomic E-state index is 13.6. The minimum absolute atomic E-state index is 0.0552. The van der Waals surface area contributed by atoms with E-state index in [-0.39, 0.29) is 17.2 Å². The quantitative estimate of drug-likeness (QED) is 0.384. The van der Waals surface area contributed by atoms with Crippen molar-refractivity contribution in [2.45, 2.75) is 46.1 Å². The van der Waals surface area contributed by atoms with Crippen LogP contribution in [0.15, 0.2) is 48.5 Å². The van der Waals surface area contributed by atoms with Gasteiger partial charge in [0.15, 0.2) is 11.5 Å². The number of benzene rings is 3. The summed E-state index contributed by atoms with van der Waals surface area (Å²) in [5.74, 6) is 1.74. The van der Waals surface area contributed by atoms with Crippen molar-refractivity contribution in [3.05, 3.63) is 76.4 Å². The first-order valence-corrected chi connectivity index (χ1v) is 13.5. The molecule has 1 fully saturated rings. The molecule has 0 bridgehead atoms. The molecule has 6 heteroatoms. The number of carbonyl (C=O) groups is 1. The van der Waals surface area contributed by atoms with Crippen LogP contribution in [0.1, 0.15) is 66.2 Å². The molecule has 3 aromatic carbocycles. The van der Waals surface area contributed by atoms with Gasteiger partial charge in [0.1, 0.15) is 11.5 Å². The molecule has 0 aliphatic carbocycles. The summed E-state index contributed by atoms with van der Waals surface area (Å²) in [5.41, 5.74) is 7.96. The van der Waals surface area contributed by atoms with Gasteiger partial charge in [0.05, 0.1) is 18.2 Å². The number of ether oxygens (including phenoxy) is 2. The molecular formula is C33H34N2O4. The lowest BCUT2D eigenvalue weighted by Gasteiger charge is -2.35. The van der Waals surface area contributed by atoms with Crippen molar-refractivity contribution in [1.29, 1.82) is 0 Å². The largest absolute Gasteiger partial charge is 0.504 e. The van der Waals surface area contributed by atoms with Gasteiger partial charge in [-0.25, -0.2) is 0 Å². The first-order valence-electron chi connectivity index (χ1n) is 13.5. The number of carbonyl (C=O) groups excluding carboxylic acids is 1. The fourth-order valence-electron chi connectivity index (χ4n) is 6.27. The number of hydrogen-bond acceptors (Lipinski definition) is 5. The van der Waals surface area contributed by atoms with Crippen LogP contribution in [-0.2, 0) is 0 Å². The van der Waals surface area contributed by atoms with Gasteiger partial charge in [-0.2, -0.15) is 0 Å². The van der Waals surface area contributed by atoms with Crippen molar-refractivity contribution in [2.75, 3.05) is 25.5 Å². The number of likely N-dealkylation sites (tertiary alicyclic amines) is 1. The lowest BCUT2D eigenvalue weighted by molar-refractivity contribution is 0.0792. The average Bonchev–Trinajstić information content (AvgIpc) is 3.43. The summed E-state index contributed by atoms with van der Waals surface area (Å²) in [7, 11) is 1.55. The zero-order chi connectivity index (χ0) is 27.5. The summed E-state index contributed by atoms with van der Waals surface area (Å²) in [4.78, 5) is 15.6. The monoisotopic (exact) mass is 522 g/mol. The van der Waals surface area contributed by atoms with Gasteiger partial charge in [0, 0.05) is 41.0 Å². The van der Waals surface area contributed by atoms with Crippen molar-refractivity contribution in [3.8, 4) is 28.4 Å². The topological polar surface area (TPSA) is 71.0 Å². The van der Waals surface area contributed by atoms with Gasteiger partial charge in [0.2, 0.25) is 0 Å². The molecule has 0 atom stereocenters. The third kappa shape index (κ3) is 4.15. The fourth-order valence-corrected chi connectivity index (χ4v) is 6.27. The number of methoxy groups -OCH3 is 1. The van der Waals surface area contributed by atoms with Crippen LogP contribution in [0.2, 0.25) is 0 Å². The Balaban J connectivity index is 1.61. The summed E-state index contributed by atoms with van der Waals surface area (Å²) < 4.78 is 12.3. The van der Waals surface area contributed by atoms with Gasteiger partial charge in [0.25, 0.3) is 5.91 Å². The van der Waals surface area contributed by atoms with E-state index in [1.807, 2.05) is 36.1 Å². The van der Waals surface area contributed by atoms with Gasteiger partial charge >= 0.3 is 0 Å². The molecule has 3 aromatic rings. The first-order chi connectivity index (χ1) is 18.7. The molecule has 1 amide bonds. The van der Waals surface area contributed by atoms with E-state index >= 15 is 0 Å². The van der Waals surface area contributed by atoms with Gasteiger partial charge in [-0.15, -0.1) is 0 Å². The summed E-state index contributed by atoms with van der Waals surface area (Å²) >= 11 is 0. The number of allylic oxidation sites excluding steroid dienone is 1. The Morgan fingerprint density at radius 3 is 2.56 bits per heavy atom. The highest BCUT2D eigenvalue weighted by molar-refractivity contribution is 6.05. The van der Waals surface area contributed by atoms with Crippen LogP contribution < -0.4 is 14.8 Å². The van der Waals surface area contributed by atoms with Gasteiger partial charge in [-0.05, 0) is 81.5 Å². The molecule has 200 valence electrons. The van der Waals surface area contributed by atoms with Gasteiger partial charge in [-0.1, -0.05) is 30.3 Å². The van der Waals surface area contributed by atoms with Crippen LogP contribution in [0, 0.1) is 6.92 Å². The third-order valence-electron chi connectivity index (χ3n) is 7.87. The zero-order valence-corrected chi connectivity index (χ0v) is 23.1. The van der Waals surface area contributed by atoms with Crippen molar-refractivity contribution in [1.82, 2.24) is 4.90 Å². The number of phenolic OH excluding ortho intramolecular Hbond substituents is 1. The summed E-state index contributed by atoms with van der Waals surface area (Å²) in [6, 6.07) is 13.4.